The van der Waals surface area contributed by atoms with Gasteiger partial charge in [0.25, 0.3) is 0 Å². The van der Waals surface area contributed by atoms with Crippen molar-refractivity contribution in [3.8, 4) is 0 Å². The molecule has 0 saturated heterocycles. The first kappa shape index (κ1) is 14.1. The van der Waals surface area contributed by atoms with Gasteiger partial charge in [-0.3, -0.25) is 0 Å². The summed E-state index contributed by atoms with van der Waals surface area (Å²) < 4.78 is 19.0. The molecule has 3 nitrogen and oxygen atoms in total. The number of rotatable bonds is 4. The van der Waals surface area contributed by atoms with Crippen molar-refractivity contribution in [3.05, 3.63) is 58.3 Å². The predicted octanol–water partition coefficient (Wildman–Crippen LogP) is 3.16. The maximum Gasteiger partial charge on any atom is 0.128 e. The van der Waals surface area contributed by atoms with Crippen LogP contribution in [0.5, 0.6) is 0 Å². The van der Waals surface area contributed by atoms with Gasteiger partial charge in [0.2, 0.25) is 0 Å². The van der Waals surface area contributed by atoms with Gasteiger partial charge < -0.3 is 15.3 Å². The SMILES string of the molecule is Cc1cc(C(O)C(CN)c2c(F)cccc2Cl)co1. The molecule has 0 spiro atoms. The second kappa shape index (κ2) is 5.74. The lowest BCUT2D eigenvalue weighted by molar-refractivity contribution is 0.145. The third-order valence-corrected chi connectivity index (χ3v) is 3.43. The van der Waals surface area contributed by atoms with Gasteiger partial charge in [0, 0.05) is 28.6 Å². The predicted molar refractivity (Wildman–Crippen MR) is 71.6 cm³/mol. The van der Waals surface area contributed by atoms with E-state index < -0.39 is 17.8 Å². The summed E-state index contributed by atoms with van der Waals surface area (Å²) in [4.78, 5) is 0. The number of aliphatic hydroxyl groups is 1. The topological polar surface area (TPSA) is 59.4 Å². The quantitative estimate of drug-likeness (QED) is 0.906. The summed E-state index contributed by atoms with van der Waals surface area (Å²) in [5.41, 5.74) is 6.47. The maximum absolute atomic E-state index is 13.9. The Hall–Kier alpha value is -1.36. The average Bonchev–Trinajstić information content (AvgIpc) is 2.80. The van der Waals surface area contributed by atoms with Crippen LogP contribution in [0.15, 0.2) is 34.9 Å². The molecule has 0 aliphatic rings. The van der Waals surface area contributed by atoms with E-state index in [-0.39, 0.29) is 17.1 Å². The fraction of sp³-hybridized carbons (Fsp3) is 0.286. The summed E-state index contributed by atoms with van der Waals surface area (Å²) in [6.07, 6.45) is 0.481. The second-order valence-electron chi connectivity index (χ2n) is 4.41. The number of aliphatic hydroxyl groups excluding tert-OH is 1. The first-order valence-electron chi connectivity index (χ1n) is 5.91. The fourth-order valence-corrected chi connectivity index (χ4v) is 2.42. The van der Waals surface area contributed by atoms with Gasteiger partial charge in [0.1, 0.15) is 11.6 Å². The third kappa shape index (κ3) is 2.81. The lowest BCUT2D eigenvalue weighted by atomic mass is 9.89. The average molecular weight is 284 g/mol. The highest BCUT2D eigenvalue weighted by atomic mass is 35.5. The molecule has 0 amide bonds. The van der Waals surface area contributed by atoms with E-state index in [1.807, 2.05) is 0 Å². The van der Waals surface area contributed by atoms with E-state index in [4.69, 9.17) is 21.8 Å². The van der Waals surface area contributed by atoms with Crippen molar-refractivity contribution in [2.24, 2.45) is 5.73 Å². The fourth-order valence-electron chi connectivity index (χ4n) is 2.12. The van der Waals surface area contributed by atoms with Crippen molar-refractivity contribution < 1.29 is 13.9 Å². The number of aryl methyl sites for hydroxylation is 1. The Morgan fingerprint density at radius 3 is 2.74 bits per heavy atom. The van der Waals surface area contributed by atoms with Crippen LogP contribution in [0.1, 0.15) is 28.9 Å². The molecule has 0 radical (unpaired) electrons. The van der Waals surface area contributed by atoms with Crippen molar-refractivity contribution >= 4 is 11.6 Å². The van der Waals surface area contributed by atoms with E-state index in [1.54, 1.807) is 19.1 Å². The highest BCUT2D eigenvalue weighted by Gasteiger charge is 2.27. The van der Waals surface area contributed by atoms with E-state index in [2.05, 4.69) is 0 Å². The van der Waals surface area contributed by atoms with Crippen LogP contribution in [0.3, 0.4) is 0 Å². The lowest BCUT2D eigenvalue weighted by Gasteiger charge is -2.22. The van der Waals surface area contributed by atoms with Crippen molar-refractivity contribution in [1.29, 1.82) is 0 Å². The number of furan rings is 1. The molecule has 5 heteroatoms. The Labute approximate surface area is 115 Å². The van der Waals surface area contributed by atoms with Gasteiger partial charge in [0.15, 0.2) is 0 Å². The van der Waals surface area contributed by atoms with Gasteiger partial charge in [-0.1, -0.05) is 17.7 Å². The van der Waals surface area contributed by atoms with Crippen LogP contribution < -0.4 is 5.73 Å². The number of nitrogens with two attached hydrogens (primary N) is 1. The summed E-state index contributed by atoms with van der Waals surface area (Å²) in [6, 6.07) is 6.10. The number of hydrogen-bond donors (Lipinski definition) is 2. The van der Waals surface area contributed by atoms with Gasteiger partial charge in [0.05, 0.1) is 12.4 Å². The van der Waals surface area contributed by atoms with Crippen LogP contribution in [0.25, 0.3) is 0 Å². The third-order valence-electron chi connectivity index (χ3n) is 3.10. The lowest BCUT2D eigenvalue weighted by Crippen LogP contribution is -2.21. The zero-order valence-electron chi connectivity index (χ0n) is 10.4. The Balaban J connectivity index is 2.39. The maximum atomic E-state index is 13.9. The van der Waals surface area contributed by atoms with Crippen LogP contribution >= 0.6 is 11.6 Å². The van der Waals surface area contributed by atoms with Crippen LogP contribution in [0.2, 0.25) is 5.02 Å². The molecular formula is C14H15ClFNO2. The second-order valence-corrected chi connectivity index (χ2v) is 4.82. The van der Waals surface area contributed by atoms with Gasteiger partial charge in [-0.25, -0.2) is 4.39 Å². The molecular weight excluding hydrogens is 269 g/mol. The van der Waals surface area contributed by atoms with Crippen LogP contribution in [0, 0.1) is 12.7 Å². The highest BCUT2D eigenvalue weighted by Crippen LogP contribution is 2.36. The summed E-state index contributed by atoms with van der Waals surface area (Å²) in [7, 11) is 0. The highest BCUT2D eigenvalue weighted by molar-refractivity contribution is 6.31. The molecule has 0 bridgehead atoms. The van der Waals surface area contributed by atoms with E-state index in [1.165, 1.54) is 18.4 Å². The van der Waals surface area contributed by atoms with E-state index in [9.17, 15) is 9.50 Å². The van der Waals surface area contributed by atoms with Crippen molar-refractivity contribution in [2.45, 2.75) is 18.9 Å². The van der Waals surface area contributed by atoms with E-state index in [0.29, 0.717) is 11.3 Å². The number of benzene rings is 1. The molecule has 2 unspecified atom stereocenters. The van der Waals surface area contributed by atoms with Gasteiger partial charge >= 0.3 is 0 Å². The summed E-state index contributed by atoms with van der Waals surface area (Å²) in [6.45, 7) is 1.84. The molecule has 0 aliphatic heterocycles. The molecule has 0 fully saturated rings. The Morgan fingerprint density at radius 2 is 2.21 bits per heavy atom. The standard InChI is InChI=1S/C14H15ClFNO2/c1-8-5-9(7-19-8)14(18)10(6-17)13-11(15)3-2-4-12(13)16/h2-5,7,10,14,18H,6,17H2,1H3. The zero-order valence-corrected chi connectivity index (χ0v) is 11.2. The molecule has 0 aliphatic carbocycles. The Morgan fingerprint density at radius 1 is 1.47 bits per heavy atom. The summed E-state index contributed by atoms with van der Waals surface area (Å²) in [5, 5.41) is 10.6. The molecule has 102 valence electrons. The molecule has 2 rings (SSSR count). The first-order valence-corrected chi connectivity index (χ1v) is 6.29. The molecule has 1 heterocycles. The van der Waals surface area contributed by atoms with Crippen molar-refractivity contribution in [1.82, 2.24) is 0 Å². The molecule has 19 heavy (non-hydrogen) atoms. The van der Waals surface area contributed by atoms with E-state index in [0.717, 1.165) is 0 Å². The molecule has 3 N–H and O–H groups in total. The molecule has 2 aromatic rings. The summed E-state index contributed by atoms with van der Waals surface area (Å²) in [5.74, 6) is -0.419. The minimum absolute atomic E-state index is 0.0754. The van der Waals surface area contributed by atoms with Gasteiger partial charge in [-0.05, 0) is 25.1 Å². The van der Waals surface area contributed by atoms with E-state index >= 15 is 0 Å². The van der Waals surface area contributed by atoms with Crippen LogP contribution in [-0.2, 0) is 0 Å². The minimum Gasteiger partial charge on any atom is -0.469 e. The molecule has 1 aromatic heterocycles. The van der Waals surface area contributed by atoms with Crippen LogP contribution in [0.4, 0.5) is 4.39 Å². The number of hydrogen-bond acceptors (Lipinski definition) is 3. The minimum atomic E-state index is -0.961. The normalized spacial score (nSPS) is 14.4. The largest absolute Gasteiger partial charge is 0.469 e. The number of halogens is 2. The Kier molecular flexibility index (Phi) is 4.24. The van der Waals surface area contributed by atoms with Gasteiger partial charge in [-0.2, -0.15) is 0 Å². The van der Waals surface area contributed by atoms with Crippen molar-refractivity contribution in [2.75, 3.05) is 6.54 Å². The smallest absolute Gasteiger partial charge is 0.128 e. The first-order chi connectivity index (χ1) is 9.04. The molecule has 1 aromatic carbocycles. The Bertz CT molecular complexity index is 550. The summed E-state index contributed by atoms with van der Waals surface area (Å²) >= 11 is 6.01. The zero-order chi connectivity index (χ0) is 14.0. The van der Waals surface area contributed by atoms with Crippen molar-refractivity contribution in [3.63, 3.8) is 0 Å². The monoisotopic (exact) mass is 283 g/mol. The van der Waals surface area contributed by atoms with Crippen LogP contribution in [-0.4, -0.2) is 11.7 Å². The van der Waals surface area contributed by atoms with Gasteiger partial charge in [-0.15, -0.1) is 0 Å². The molecule has 2 atom stereocenters. The molecule has 0 saturated carbocycles.